The maximum absolute atomic E-state index is 13.4. The van der Waals surface area contributed by atoms with Crippen LogP contribution in [0.3, 0.4) is 0 Å². The van der Waals surface area contributed by atoms with Crippen molar-refractivity contribution < 1.29 is 57.4 Å². The van der Waals surface area contributed by atoms with Gasteiger partial charge in [0.2, 0.25) is 17.7 Å². The minimum Gasteiger partial charge on any atom is -0.429 e. The van der Waals surface area contributed by atoms with E-state index in [-0.39, 0.29) is 82.7 Å². The molecule has 0 fully saturated rings. The number of nitrogens with two attached hydrogens (primary N) is 1. The van der Waals surface area contributed by atoms with Crippen LogP contribution in [0.25, 0.3) is 0 Å². The van der Waals surface area contributed by atoms with Gasteiger partial charge in [0.15, 0.2) is 0 Å². The number of amides is 7. The van der Waals surface area contributed by atoms with Crippen LogP contribution in [0.5, 0.6) is 5.75 Å². The normalized spacial score (nSPS) is 13.2. The molecule has 2 aromatic rings. The number of anilines is 1. The Morgan fingerprint density at radius 2 is 1.50 bits per heavy atom. The maximum Gasteiger partial charge on any atom is 0.514 e. The molecule has 0 radical (unpaired) electrons. The summed E-state index contributed by atoms with van der Waals surface area (Å²) in [7, 11) is 0. The Balaban J connectivity index is 1.46. The van der Waals surface area contributed by atoms with Crippen molar-refractivity contribution in [2.75, 3.05) is 44.8 Å². The summed E-state index contributed by atoms with van der Waals surface area (Å²) in [5, 5.41) is 21.3. The third kappa shape index (κ3) is 15.5. The predicted molar refractivity (Wildman–Crippen MR) is 197 cm³/mol. The molecule has 1 aliphatic rings. The monoisotopic (exact) mass is 783 g/mol. The Labute approximate surface area is 321 Å². The molecule has 0 saturated heterocycles. The lowest BCUT2D eigenvalue weighted by molar-refractivity contribution is -0.384. The Morgan fingerprint density at radius 1 is 0.857 bits per heavy atom. The molecule has 2 atom stereocenters. The van der Waals surface area contributed by atoms with Gasteiger partial charge in [0, 0.05) is 42.9 Å². The minimum absolute atomic E-state index is 0.0315. The number of hydrogen-bond donors (Lipinski definition) is 5. The van der Waals surface area contributed by atoms with Crippen molar-refractivity contribution in [3.05, 3.63) is 76.4 Å². The van der Waals surface area contributed by atoms with Crippen LogP contribution in [0.4, 0.5) is 21.0 Å². The van der Waals surface area contributed by atoms with Gasteiger partial charge in [0.25, 0.3) is 17.5 Å². The molecule has 0 saturated carbocycles. The van der Waals surface area contributed by atoms with Gasteiger partial charge in [-0.05, 0) is 48.6 Å². The van der Waals surface area contributed by atoms with Gasteiger partial charge in [-0.3, -0.25) is 39.0 Å². The first kappa shape index (κ1) is 44.0. The van der Waals surface area contributed by atoms with Gasteiger partial charge in [0.05, 0.1) is 37.9 Å². The van der Waals surface area contributed by atoms with Gasteiger partial charge in [-0.15, -0.1) is 0 Å². The molecule has 0 unspecified atom stereocenters. The summed E-state index contributed by atoms with van der Waals surface area (Å²) in [6, 6.07) is 8.32. The smallest absolute Gasteiger partial charge is 0.429 e. The van der Waals surface area contributed by atoms with Gasteiger partial charge in [-0.2, -0.15) is 0 Å². The number of nitro groups is 1. The lowest BCUT2D eigenvalue weighted by Gasteiger charge is -2.25. The first-order chi connectivity index (χ1) is 26.7. The summed E-state index contributed by atoms with van der Waals surface area (Å²) in [6.45, 7) is 4.01. The van der Waals surface area contributed by atoms with E-state index in [1.165, 1.54) is 36.4 Å². The number of rotatable bonds is 23. The molecule has 56 heavy (non-hydrogen) atoms. The van der Waals surface area contributed by atoms with E-state index >= 15 is 0 Å². The van der Waals surface area contributed by atoms with Crippen molar-refractivity contribution in [1.29, 1.82) is 0 Å². The number of nitrogens with one attached hydrogen (secondary N) is 4. The van der Waals surface area contributed by atoms with Crippen molar-refractivity contribution >= 4 is 53.1 Å². The SMILES string of the molecule is CC(C)[C@H](NC(=O)CCOCCOCCN1C(=O)C=CC1=O)C(=O)N[C@@H](CCCNC(N)=O)C(=O)Nc1ccc(COC(=O)Oc2ccc([N+](=O)[O-])cc2)cc1. The van der Waals surface area contributed by atoms with E-state index in [4.69, 9.17) is 24.7 Å². The Kier molecular flexibility index (Phi) is 17.9. The van der Waals surface area contributed by atoms with E-state index in [0.717, 1.165) is 4.90 Å². The molecule has 20 nitrogen and oxygen atoms in total. The summed E-state index contributed by atoms with van der Waals surface area (Å²) in [6.07, 6.45) is 1.66. The molecule has 20 heteroatoms. The average molecular weight is 784 g/mol. The number of imide groups is 1. The number of carbonyl (C=O) groups is 7. The minimum atomic E-state index is -1.08. The summed E-state index contributed by atoms with van der Waals surface area (Å²) in [4.78, 5) is 97.0. The second-order valence-corrected chi connectivity index (χ2v) is 12.5. The summed E-state index contributed by atoms with van der Waals surface area (Å²) >= 11 is 0. The first-order valence-corrected chi connectivity index (χ1v) is 17.5. The Hall–Kier alpha value is -6.41. The third-order valence-electron chi connectivity index (χ3n) is 7.90. The Morgan fingerprint density at radius 3 is 2.11 bits per heavy atom. The van der Waals surface area contributed by atoms with E-state index in [0.29, 0.717) is 11.3 Å². The van der Waals surface area contributed by atoms with Crippen LogP contribution in [0.1, 0.15) is 38.7 Å². The van der Waals surface area contributed by atoms with Crippen LogP contribution < -0.4 is 31.7 Å². The third-order valence-corrected chi connectivity index (χ3v) is 7.90. The highest BCUT2D eigenvalue weighted by Gasteiger charge is 2.29. The van der Waals surface area contributed by atoms with E-state index in [2.05, 4.69) is 21.3 Å². The zero-order chi connectivity index (χ0) is 41.0. The number of primary amides is 1. The number of urea groups is 1. The Bertz CT molecular complexity index is 1720. The number of hydrogen-bond acceptors (Lipinski definition) is 13. The fourth-order valence-corrected chi connectivity index (χ4v) is 4.94. The molecule has 0 bridgehead atoms. The summed E-state index contributed by atoms with van der Waals surface area (Å²) in [5.41, 5.74) is 5.87. The highest BCUT2D eigenvalue weighted by atomic mass is 16.7. The molecule has 7 amide bonds. The van der Waals surface area contributed by atoms with Gasteiger partial charge < -0.3 is 45.9 Å². The highest BCUT2D eigenvalue weighted by molar-refractivity contribution is 6.12. The number of carbonyl (C=O) groups excluding carboxylic acids is 7. The quantitative estimate of drug-likeness (QED) is 0.0268. The molecule has 2 aromatic carbocycles. The van der Waals surface area contributed by atoms with Crippen molar-refractivity contribution in [2.24, 2.45) is 11.7 Å². The van der Waals surface area contributed by atoms with E-state index < -0.39 is 58.7 Å². The van der Waals surface area contributed by atoms with Gasteiger partial charge >= 0.3 is 12.2 Å². The first-order valence-electron chi connectivity index (χ1n) is 17.5. The second-order valence-electron chi connectivity index (χ2n) is 12.5. The molecule has 3 rings (SSSR count). The van der Waals surface area contributed by atoms with Crippen LogP contribution in [-0.2, 0) is 44.8 Å². The molecule has 1 heterocycles. The van der Waals surface area contributed by atoms with Crippen molar-refractivity contribution in [3.8, 4) is 5.75 Å². The van der Waals surface area contributed by atoms with Crippen LogP contribution >= 0.6 is 0 Å². The number of nitro benzene ring substituents is 1. The maximum atomic E-state index is 13.4. The number of non-ortho nitro benzene ring substituents is 1. The zero-order valence-electron chi connectivity index (χ0n) is 30.9. The number of ether oxygens (including phenoxy) is 4. The fourth-order valence-electron chi connectivity index (χ4n) is 4.94. The largest absolute Gasteiger partial charge is 0.514 e. The average Bonchev–Trinajstić information content (AvgIpc) is 3.48. The number of nitrogens with zero attached hydrogens (tertiary/aromatic N) is 2. The van der Waals surface area contributed by atoms with E-state index in [1.807, 2.05) is 0 Å². The van der Waals surface area contributed by atoms with Crippen molar-refractivity contribution in [3.63, 3.8) is 0 Å². The highest BCUT2D eigenvalue weighted by Crippen LogP contribution is 2.18. The van der Waals surface area contributed by atoms with Gasteiger partial charge in [0.1, 0.15) is 24.4 Å². The molecule has 0 spiro atoms. The van der Waals surface area contributed by atoms with E-state index in [9.17, 15) is 43.7 Å². The predicted octanol–water partition coefficient (Wildman–Crippen LogP) is 1.67. The van der Waals surface area contributed by atoms with Crippen LogP contribution in [0, 0.1) is 16.0 Å². The molecule has 1 aliphatic heterocycles. The standard InChI is InChI=1S/C36H45N7O13/c1-23(2)32(41-29(44)15-18-53-20-21-54-19-17-42-30(45)13-14-31(42)46)34(48)40-28(4-3-16-38-35(37)49)33(47)39-25-7-5-24(6-8-25)22-55-36(50)56-27-11-9-26(10-12-27)43(51)52/h5-14,23,28,32H,3-4,15-22H2,1-2H3,(H,39,47)(H,40,48)(H,41,44)(H3,37,38,49)/t28-,32-/m0/s1. The summed E-state index contributed by atoms with van der Waals surface area (Å²) < 4.78 is 20.9. The van der Waals surface area contributed by atoms with Crippen molar-refractivity contribution in [1.82, 2.24) is 20.9 Å². The molecular weight excluding hydrogens is 738 g/mol. The molecule has 6 N–H and O–H groups in total. The molecule has 302 valence electrons. The van der Waals surface area contributed by atoms with Crippen LogP contribution in [0.2, 0.25) is 0 Å². The lowest BCUT2D eigenvalue weighted by Crippen LogP contribution is -2.54. The number of benzene rings is 2. The zero-order valence-corrected chi connectivity index (χ0v) is 30.9. The topological polar surface area (TPSA) is 277 Å². The fraction of sp³-hybridized carbons (Fsp3) is 0.417. The molecule has 0 aliphatic carbocycles. The van der Waals surface area contributed by atoms with Gasteiger partial charge in [-0.1, -0.05) is 26.0 Å². The van der Waals surface area contributed by atoms with Gasteiger partial charge in [-0.25, -0.2) is 9.59 Å². The lowest BCUT2D eigenvalue weighted by atomic mass is 10.0. The molecule has 0 aromatic heterocycles. The van der Waals surface area contributed by atoms with Crippen molar-refractivity contribution in [2.45, 2.75) is 51.8 Å². The second kappa shape index (κ2) is 22.7. The van der Waals surface area contributed by atoms with Crippen LogP contribution in [-0.4, -0.2) is 103 Å². The van der Waals surface area contributed by atoms with Crippen LogP contribution in [0.15, 0.2) is 60.7 Å². The molecular formula is C36H45N7O13. The summed E-state index contributed by atoms with van der Waals surface area (Å²) in [5.74, 6) is -2.75. The van der Waals surface area contributed by atoms with E-state index in [1.54, 1.807) is 38.1 Å².